The second-order valence-corrected chi connectivity index (χ2v) is 20.9. The average Bonchev–Trinajstić information content (AvgIpc) is 3.72. The van der Waals surface area contributed by atoms with Gasteiger partial charge in [0.25, 0.3) is 8.32 Å². The van der Waals surface area contributed by atoms with Gasteiger partial charge in [-0.25, -0.2) is 0 Å². The number of amides is 4. The van der Waals surface area contributed by atoms with Gasteiger partial charge in [0, 0.05) is 19.4 Å². The standard InChI is InChI=1S/C46H57N5O6Si/c1-7-46(6)44(56)49-38(30-33-25-27-34(31-47)28-26-33)43(55)51-29-17-23-39(51)42(54)48-37(41(53)50-46)22-15-10-16-24-40(52)32(2)57-58(45(3,4)5,35-18-11-8-12-19-35)36-20-13-9-14-21-36/h8-14,16,18-21,25-28,32,37-39H,7,15,17,22-24,29-30H2,1-6H3,(H,48,54)(H,49,56)(H,50,53)/t32-,37-,38-,39+,46-/m0/s1. The van der Waals surface area contributed by atoms with Gasteiger partial charge >= 0.3 is 0 Å². The quantitative estimate of drug-likeness (QED) is 0.168. The molecule has 58 heavy (non-hydrogen) atoms. The van der Waals surface area contributed by atoms with E-state index < -0.39 is 55.8 Å². The average molecular weight is 804 g/mol. The third-order valence-electron chi connectivity index (χ3n) is 11.5. The highest BCUT2D eigenvalue weighted by atomic mass is 28.4. The number of nitrogens with one attached hydrogen (secondary N) is 3. The van der Waals surface area contributed by atoms with Crippen molar-refractivity contribution in [1.29, 1.82) is 5.26 Å². The van der Waals surface area contributed by atoms with Crippen molar-refractivity contribution in [3.63, 3.8) is 0 Å². The van der Waals surface area contributed by atoms with Crippen LogP contribution in [0.1, 0.15) is 91.2 Å². The molecule has 306 valence electrons. The Morgan fingerprint density at radius 3 is 2.12 bits per heavy atom. The predicted octanol–water partition coefficient (Wildman–Crippen LogP) is 4.62. The summed E-state index contributed by atoms with van der Waals surface area (Å²) in [5.74, 6) is -1.90. The molecule has 2 aliphatic rings. The van der Waals surface area contributed by atoms with Crippen molar-refractivity contribution in [3.05, 3.63) is 108 Å². The molecular weight excluding hydrogens is 747 g/mol. The molecule has 2 aliphatic heterocycles. The van der Waals surface area contributed by atoms with Gasteiger partial charge in [0.05, 0.1) is 11.6 Å². The SMILES string of the molecule is CC[C@]1(C)NC(=O)[C@H](CCC=CCC(=O)[C@H](C)O[Si](c2ccccc2)(c2ccccc2)C(C)(C)C)NC(=O)[C@H]2CCCN2C(=O)[C@H](Cc2ccc(C#N)cc2)NC1=O. The van der Waals surface area contributed by atoms with Crippen LogP contribution in [0.15, 0.2) is 97.1 Å². The molecule has 11 nitrogen and oxygen atoms in total. The van der Waals surface area contributed by atoms with Crippen molar-refractivity contribution in [2.24, 2.45) is 0 Å². The monoisotopic (exact) mass is 803 g/mol. The number of hydrogen-bond donors (Lipinski definition) is 3. The van der Waals surface area contributed by atoms with Crippen molar-refractivity contribution >= 4 is 48.1 Å². The highest BCUT2D eigenvalue weighted by molar-refractivity contribution is 6.99. The largest absolute Gasteiger partial charge is 0.398 e. The zero-order valence-electron chi connectivity index (χ0n) is 34.5. The van der Waals surface area contributed by atoms with Crippen molar-refractivity contribution < 1.29 is 28.4 Å². The number of nitriles is 1. The molecule has 0 unspecified atom stereocenters. The molecule has 0 radical (unpaired) electrons. The third kappa shape index (κ3) is 9.83. The lowest BCUT2D eigenvalue weighted by molar-refractivity contribution is -0.144. The molecule has 5 rings (SSSR count). The lowest BCUT2D eigenvalue weighted by Crippen LogP contribution is -2.68. The van der Waals surface area contributed by atoms with E-state index >= 15 is 0 Å². The normalized spacial score (nSPS) is 22.5. The van der Waals surface area contributed by atoms with Gasteiger partial charge in [0.2, 0.25) is 23.6 Å². The van der Waals surface area contributed by atoms with E-state index in [1.807, 2.05) is 49.4 Å². The number of allylic oxidation sites excluding steroid dienone is 2. The molecule has 4 amide bonds. The first-order valence-electron chi connectivity index (χ1n) is 20.3. The van der Waals surface area contributed by atoms with E-state index in [0.717, 1.165) is 15.9 Å². The van der Waals surface area contributed by atoms with Crippen LogP contribution in [-0.2, 0) is 34.8 Å². The van der Waals surface area contributed by atoms with Gasteiger partial charge in [0.15, 0.2) is 5.78 Å². The van der Waals surface area contributed by atoms with Gasteiger partial charge in [-0.3, -0.25) is 24.0 Å². The molecule has 0 aliphatic carbocycles. The Labute approximate surface area is 343 Å². The van der Waals surface area contributed by atoms with E-state index in [1.165, 1.54) is 4.90 Å². The molecule has 0 bridgehead atoms. The molecule has 3 aromatic rings. The second kappa shape index (κ2) is 18.9. The zero-order valence-corrected chi connectivity index (χ0v) is 35.5. The highest BCUT2D eigenvalue weighted by Crippen LogP contribution is 2.37. The van der Waals surface area contributed by atoms with E-state index in [2.05, 4.69) is 67.1 Å². The number of carbonyl (C=O) groups excluding carboxylic acids is 5. The van der Waals surface area contributed by atoms with Crippen LogP contribution in [0.3, 0.4) is 0 Å². The summed E-state index contributed by atoms with van der Waals surface area (Å²) in [5.41, 5.74) is -0.167. The summed E-state index contributed by atoms with van der Waals surface area (Å²) < 4.78 is 6.99. The first-order valence-corrected chi connectivity index (χ1v) is 22.2. The van der Waals surface area contributed by atoms with E-state index in [1.54, 1.807) is 44.2 Å². The van der Waals surface area contributed by atoms with Crippen LogP contribution in [-0.4, -0.2) is 78.9 Å². The Kier molecular flexibility index (Phi) is 14.3. The summed E-state index contributed by atoms with van der Waals surface area (Å²) >= 11 is 0. The molecule has 0 saturated carbocycles. The summed E-state index contributed by atoms with van der Waals surface area (Å²) in [7, 11) is -2.94. The van der Waals surface area contributed by atoms with Crippen LogP contribution in [0.25, 0.3) is 0 Å². The molecule has 2 saturated heterocycles. The van der Waals surface area contributed by atoms with Gasteiger partial charge in [-0.1, -0.05) is 113 Å². The minimum atomic E-state index is -2.94. The number of hydrogen-bond acceptors (Lipinski definition) is 7. The van der Waals surface area contributed by atoms with Gasteiger partial charge in [0.1, 0.15) is 29.8 Å². The maximum atomic E-state index is 14.1. The van der Waals surface area contributed by atoms with Gasteiger partial charge in [-0.2, -0.15) is 5.26 Å². The lowest BCUT2D eigenvalue weighted by atomic mass is 9.94. The lowest BCUT2D eigenvalue weighted by Gasteiger charge is -2.44. The molecule has 3 N–H and O–H groups in total. The number of rotatable bonds is 13. The Balaban J connectivity index is 1.29. The molecular formula is C46H57N5O6Si. The molecule has 5 atom stereocenters. The van der Waals surface area contributed by atoms with E-state index in [4.69, 9.17) is 4.43 Å². The first kappa shape index (κ1) is 43.7. The minimum Gasteiger partial charge on any atom is -0.398 e. The Bertz CT molecular complexity index is 1970. The van der Waals surface area contributed by atoms with Crippen LogP contribution in [0.2, 0.25) is 5.04 Å². The summed E-state index contributed by atoms with van der Waals surface area (Å²) in [5, 5.41) is 19.8. The molecule has 12 heteroatoms. The highest BCUT2D eigenvalue weighted by Gasteiger charge is 2.51. The smallest absolute Gasteiger partial charge is 0.262 e. The molecule has 3 aromatic carbocycles. The fourth-order valence-electron chi connectivity index (χ4n) is 7.94. The third-order valence-corrected chi connectivity index (χ3v) is 16.6. The second-order valence-electron chi connectivity index (χ2n) is 16.6. The van der Waals surface area contributed by atoms with Gasteiger partial charge < -0.3 is 25.3 Å². The predicted molar refractivity (Wildman–Crippen MR) is 226 cm³/mol. The Hall–Kier alpha value is -5.38. The van der Waals surface area contributed by atoms with Crippen molar-refractivity contribution in [2.75, 3.05) is 6.54 Å². The minimum absolute atomic E-state index is 0.0745. The van der Waals surface area contributed by atoms with Gasteiger partial charge in [-0.15, -0.1) is 0 Å². The first-order chi connectivity index (χ1) is 27.6. The Morgan fingerprint density at radius 1 is 0.931 bits per heavy atom. The van der Waals surface area contributed by atoms with Crippen LogP contribution in [0.4, 0.5) is 0 Å². The molecule has 2 heterocycles. The van der Waals surface area contributed by atoms with E-state index in [0.29, 0.717) is 31.4 Å². The fourth-order valence-corrected chi connectivity index (χ4v) is 12.6. The molecule has 0 spiro atoms. The van der Waals surface area contributed by atoms with Crippen LogP contribution < -0.4 is 26.3 Å². The molecule has 2 fully saturated rings. The van der Waals surface area contributed by atoms with Crippen LogP contribution in [0.5, 0.6) is 0 Å². The number of ketones is 1. The summed E-state index contributed by atoms with van der Waals surface area (Å²) in [4.78, 5) is 70.8. The zero-order chi connectivity index (χ0) is 42.1. The number of carbonyl (C=O) groups is 5. The van der Waals surface area contributed by atoms with Crippen LogP contribution in [0, 0.1) is 11.3 Å². The Morgan fingerprint density at radius 2 is 1.55 bits per heavy atom. The fraction of sp³-hybridized carbons (Fsp3) is 0.435. The number of fused-ring (bicyclic) bond motifs is 1. The maximum absolute atomic E-state index is 14.1. The van der Waals surface area contributed by atoms with E-state index in [9.17, 15) is 29.2 Å². The topological polar surface area (TPSA) is 158 Å². The number of nitrogens with zero attached hydrogens (tertiary/aromatic N) is 2. The summed E-state index contributed by atoms with van der Waals surface area (Å²) in [6, 6.07) is 26.4. The van der Waals surface area contributed by atoms with Crippen molar-refractivity contribution in [3.8, 4) is 6.07 Å². The summed E-state index contributed by atoms with van der Waals surface area (Å²) in [6.45, 7) is 12.0. The van der Waals surface area contributed by atoms with Crippen LogP contribution >= 0.6 is 0 Å². The summed E-state index contributed by atoms with van der Waals surface area (Å²) in [6.07, 6.45) is 5.01. The van der Waals surface area contributed by atoms with Crippen molar-refractivity contribution in [1.82, 2.24) is 20.9 Å². The number of benzene rings is 3. The van der Waals surface area contributed by atoms with Gasteiger partial charge in [-0.05, 0) is 79.1 Å². The van der Waals surface area contributed by atoms with E-state index in [-0.39, 0.29) is 42.4 Å². The number of Topliss-reactive ketones (excluding diaryl/α,β-unsaturated/α-hetero) is 1. The van der Waals surface area contributed by atoms with Crippen molar-refractivity contribution in [2.45, 2.75) is 121 Å². The molecule has 0 aromatic heterocycles. The maximum Gasteiger partial charge on any atom is 0.262 e.